The number of hydrogen-bond acceptors (Lipinski definition) is 3. The van der Waals surface area contributed by atoms with Crippen LogP contribution in [0.3, 0.4) is 0 Å². The lowest BCUT2D eigenvalue weighted by molar-refractivity contribution is -0.147. The van der Waals surface area contributed by atoms with Crippen molar-refractivity contribution in [2.75, 3.05) is 12.4 Å². The third-order valence-corrected chi connectivity index (χ3v) is 3.15. The van der Waals surface area contributed by atoms with E-state index >= 15 is 0 Å². The highest BCUT2D eigenvalue weighted by Crippen LogP contribution is 2.10. The third kappa shape index (κ3) is 13.8. The summed E-state index contributed by atoms with van der Waals surface area (Å²) in [6.07, 6.45) is 13.1. The maximum absolute atomic E-state index is 10.7. The molecule has 1 N–H and O–H groups in total. The Hall–Kier alpha value is -0.280. The molecule has 0 saturated heterocycles. The molecule has 0 radical (unpaired) electrons. The van der Waals surface area contributed by atoms with E-state index in [1.54, 1.807) is 0 Å². The topological polar surface area (TPSA) is 38.3 Å². The Morgan fingerprint density at radius 2 is 1.44 bits per heavy atom. The Morgan fingerprint density at radius 1 is 0.944 bits per heavy atom. The molecule has 0 unspecified atom stereocenters. The standard InChI is InChI=1S/C14H28ClNO2/c1-2-3-4-5-6-7-8-9-10-11-12-16-18-14(17)13-15/h16H,2-13H2,1H3. The molecular formula is C14H28ClNO2. The van der Waals surface area contributed by atoms with Gasteiger partial charge in [0, 0.05) is 6.54 Å². The zero-order valence-corrected chi connectivity index (χ0v) is 12.4. The summed E-state index contributed by atoms with van der Waals surface area (Å²) in [6.45, 7) is 2.97. The molecule has 0 spiro atoms. The molecule has 0 amide bonds. The van der Waals surface area contributed by atoms with Crippen LogP contribution in [0.5, 0.6) is 0 Å². The maximum Gasteiger partial charge on any atom is 0.339 e. The van der Waals surface area contributed by atoms with Crippen LogP contribution in [-0.2, 0) is 9.63 Å². The van der Waals surface area contributed by atoms with Gasteiger partial charge in [0.25, 0.3) is 0 Å². The first kappa shape index (κ1) is 17.7. The van der Waals surface area contributed by atoms with Crippen LogP contribution < -0.4 is 5.48 Å². The summed E-state index contributed by atoms with van der Waals surface area (Å²) in [5.74, 6) is -0.505. The second kappa shape index (κ2) is 14.8. The van der Waals surface area contributed by atoms with Crippen molar-refractivity contribution in [3.63, 3.8) is 0 Å². The van der Waals surface area contributed by atoms with Gasteiger partial charge >= 0.3 is 5.97 Å². The average Bonchev–Trinajstić information content (AvgIpc) is 2.39. The zero-order valence-electron chi connectivity index (χ0n) is 11.7. The average molecular weight is 278 g/mol. The number of unbranched alkanes of at least 4 members (excludes halogenated alkanes) is 9. The van der Waals surface area contributed by atoms with Crippen molar-refractivity contribution in [3.8, 4) is 0 Å². The van der Waals surface area contributed by atoms with Gasteiger partial charge in [0.2, 0.25) is 0 Å². The monoisotopic (exact) mass is 277 g/mol. The SMILES string of the molecule is CCCCCCCCCCCCNOC(=O)CCl. The lowest BCUT2D eigenvalue weighted by Crippen LogP contribution is -2.21. The second-order valence-electron chi connectivity index (χ2n) is 4.68. The molecule has 0 aromatic carbocycles. The predicted molar refractivity (Wildman–Crippen MR) is 76.7 cm³/mol. The molecule has 0 aromatic rings. The summed E-state index contributed by atoms with van der Waals surface area (Å²) in [4.78, 5) is 15.3. The van der Waals surface area contributed by atoms with Gasteiger partial charge in [-0.05, 0) is 6.42 Å². The molecule has 4 heteroatoms. The van der Waals surface area contributed by atoms with Gasteiger partial charge in [0.1, 0.15) is 5.88 Å². The fraction of sp³-hybridized carbons (Fsp3) is 0.929. The Kier molecular flexibility index (Phi) is 14.5. The van der Waals surface area contributed by atoms with Crippen molar-refractivity contribution in [1.29, 1.82) is 0 Å². The minimum Gasteiger partial charge on any atom is -0.370 e. The van der Waals surface area contributed by atoms with Crippen molar-refractivity contribution >= 4 is 17.6 Å². The quantitative estimate of drug-likeness (QED) is 0.312. The van der Waals surface area contributed by atoms with Crippen LogP contribution in [0.25, 0.3) is 0 Å². The van der Waals surface area contributed by atoms with Gasteiger partial charge in [-0.25, -0.2) is 4.79 Å². The Labute approximate surface area is 117 Å². The molecule has 0 atom stereocenters. The molecule has 3 nitrogen and oxygen atoms in total. The summed E-state index contributed by atoms with van der Waals surface area (Å²) < 4.78 is 0. The molecule has 0 aliphatic carbocycles. The van der Waals surface area contributed by atoms with Gasteiger partial charge in [-0.2, -0.15) is 5.48 Å². The molecule has 0 aliphatic rings. The number of hydrogen-bond donors (Lipinski definition) is 1. The molecule has 0 aromatic heterocycles. The van der Waals surface area contributed by atoms with Gasteiger partial charge in [-0.3, -0.25) is 0 Å². The smallest absolute Gasteiger partial charge is 0.339 e. The first-order valence-corrected chi connectivity index (χ1v) is 7.83. The van der Waals surface area contributed by atoms with Gasteiger partial charge in [0.15, 0.2) is 0 Å². The van der Waals surface area contributed by atoms with Crippen LogP contribution in [0.15, 0.2) is 0 Å². The summed E-state index contributed by atoms with van der Waals surface area (Å²) in [7, 11) is 0. The van der Waals surface area contributed by atoms with Crippen LogP contribution in [0.1, 0.15) is 71.1 Å². The zero-order chi connectivity index (χ0) is 13.5. The molecule has 0 rings (SSSR count). The third-order valence-electron chi connectivity index (χ3n) is 2.93. The van der Waals surface area contributed by atoms with E-state index in [1.165, 1.54) is 57.8 Å². The van der Waals surface area contributed by atoms with Crippen molar-refractivity contribution in [3.05, 3.63) is 0 Å². The number of rotatable bonds is 13. The van der Waals surface area contributed by atoms with Crippen LogP contribution >= 0.6 is 11.6 Å². The molecule has 0 fully saturated rings. The van der Waals surface area contributed by atoms with E-state index in [2.05, 4.69) is 17.2 Å². The number of halogens is 1. The fourth-order valence-electron chi connectivity index (χ4n) is 1.84. The van der Waals surface area contributed by atoms with E-state index in [-0.39, 0.29) is 5.88 Å². The van der Waals surface area contributed by atoms with E-state index < -0.39 is 5.97 Å². The summed E-state index contributed by atoms with van der Waals surface area (Å²) in [6, 6.07) is 0. The maximum atomic E-state index is 10.7. The first-order valence-electron chi connectivity index (χ1n) is 7.29. The summed E-state index contributed by atoms with van der Waals surface area (Å²) >= 11 is 5.28. The Morgan fingerprint density at radius 3 is 1.94 bits per heavy atom. The summed E-state index contributed by atoms with van der Waals surface area (Å²) in [5.41, 5.74) is 2.63. The highest BCUT2D eigenvalue weighted by molar-refractivity contribution is 6.26. The second-order valence-corrected chi connectivity index (χ2v) is 4.95. The van der Waals surface area contributed by atoms with E-state index in [4.69, 9.17) is 11.6 Å². The van der Waals surface area contributed by atoms with Crippen molar-refractivity contribution in [2.24, 2.45) is 0 Å². The number of carbonyl (C=O) groups is 1. The molecule has 0 aliphatic heterocycles. The Bertz CT molecular complexity index is 189. The van der Waals surface area contributed by atoms with Crippen LogP contribution in [0, 0.1) is 0 Å². The number of hydroxylamine groups is 1. The molecule has 0 bridgehead atoms. The summed E-state index contributed by atoms with van der Waals surface area (Å²) in [5, 5.41) is 0. The highest BCUT2D eigenvalue weighted by Gasteiger charge is 1.98. The molecule has 0 saturated carbocycles. The van der Waals surface area contributed by atoms with Gasteiger partial charge in [-0.1, -0.05) is 64.7 Å². The molecule has 18 heavy (non-hydrogen) atoms. The minimum absolute atomic E-state index is 0.0922. The highest BCUT2D eigenvalue weighted by atomic mass is 35.5. The fourth-order valence-corrected chi connectivity index (χ4v) is 1.90. The molecule has 108 valence electrons. The number of carbonyl (C=O) groups excluding carboxylic acids is 1. The van der Waals surface area contributed by atoms with Crippen molar-refractivity contribution < 1.29 is 9.63 Å². The lowest BCUT2D eigenvalue weighted by atomic mass is 10.1. The van der Waals surface area contributed by atoms with Crippen LogP contribution in [-0.4, -0.2) is 18.4 Å². The number of nitrogens with one attached hydrogen (secondary N) is 1. The lowest BCUT2D eigenvalue weighted by Gasteiger charge is -2.04. The minimum atomic E-state index is -0.413. The van der Waals surface area contributed by atoms with Crippen molar-refractivity contribution in [2.45, 2.75) is 71.1 Å². The molecule has 0 heterocycles. The Balaban J connectivity index is 2.97. The van der Waals surface area contributed by atoms with E-state index in [1.807, 2.05) is 0 Å². The largest absolute Gasteiger partial charge is 0.370 e. The van der Waals surface area contributed by atoms with Gasteiger partial charge < -0.3 is 4.84 Å². The predicted octanol–water partition coefficient (Wildman–Crippen LogP) is 4.19. The van der Waals surface area contributed by atoms with Gasteiger partial charge in [0.05, 0.1) is 0 Å². The van der Waals surface area contributed by atoms with Crippen LogP contribution in [0.4, 0.5) is 0 Å². The van der Waals surface area contributed by atoms with Crippen LogP contribution in [0.2, 0.25) is 0 Å². The normalized spacial score (nSPS) is 10.6. The van der Waals surface area contributed by atoms with E-state index in [0.29, 0.717) is 0 Å². The first-order chi connectivity index (χ1) is 8.81. The van der Waals surface area contributed by atoms with E-state index in [0.717, 1.165) is 13.0 Å². The number of alkyl halides is 1. The molecular weight excluding hydrogens is 250 g/mol. The van der Waals surface area contributed by atoms with Crippen molar-refractivity contribution in [1.82, 2.24) is 5.48 Å². The van der Waals surface area contributed by atoms with Gasteiger partial charge in [-0.15, -0.1) is 11.6 Å². The van der Waals surface area contributed by atoms with E-state index in [9.17, 15) is 4.79 Å².